The number of rotatable bonds is 4. The minimum Gasteiger partial charge on any atom is -0.496 e. The number of aliphatic carboxylic acids is 1. The van der Waals surface area contributed by atoms with E-state index in [1.807, 2.05) is 20.8 Å². The van der Waals surface area contributed by atoms with Crippen molar-refractivity contribution in [2.24, 2.45) is 0 Å². The Balaban J connectivity index is 2.30. The molecule has 1 heterocycles. The van der Waals surface area contributed by atoms with Crippen LogP contribution in [0.4, 0.5) is 0 Å². The first kappa shape index (κ1) is 13.7. The number of hydrogen-bond acceptors (Lipinski definition) is 3. The largest absolute Gasteiger partial charge is 0.496 e. The van der Waals surface area contributed by atoms with Gasteiger partial charge < -0.3 is 14.6 Å². The van der Waals surface area contributed by atoms with Crippen LogP contribution in [0.25, 0.3) is 0 Å². The third-order valence-corrected chi connectivity index (χ3v) is 3.91. The second-order valence-electron chi connectivity index (χ2n) is 5.09. The summed E-state index contributed by atoms with van der Waals surface area (Å²) >= 11 is 0. The Bertz CT molecular complexity index is 520. The Kier molecular flexibility index (Phi) is 3.69. The van der Waals surface area contributed by atoms with Crippen LogP contribution in [-0.4, -0.2) is 24.3 Å². The van der Waals surface area contributed by atoms with Gasteiger partial charge in [0.1, 0.15) is 17.6 Å². The van der Waals surface area contributed by atoms with Gasteiger partial charge in [0.05, 0.1) is 7.11 Å². The van der Waals surface area contributed by atoms with Crippen molar-refractivity contribution in [3.8, 4) is 11.5 Å². The van der Waals surface area contributed by atoms with Crippen LogP contribution in [0.5, 0.6) is 11.5 Å². The van der Waals surface area contributed by atoms with Crippen molar-refractivity contribution in [1.29, 1.82) is 0 Å². The predicted octanol–water partition coefficient (Wildman–Crippen LogP) is 2.79. The number of hydrogen-bond donors (Lipinski definition) is 1. The molecule has 0 radical (unpaired) electrons. The Labute approximate surface area is 113 Å². The molecule has 1 aliphatic heterocycles. The molecule has 0 aromatic heterocycles. The van der Waals surface area contributed by atoms with E-state index >= 15 is 0 Å². The number of methoxy groups -OCH3 is 1. The van der Waals surface area contributed by atoms with Crippen LogP contribution in [0.15, 0.2) is 0 Å². The molecule has 0 spiro atoms. The van der Waals surface area contributed by atoms with Gasteiger partial charge in [-0.15, -0.1) is 0 Å². The van der Waals surface area contributed by atoms with E-state index in [9.17, 15) is 4.79 Å². The number of fused-ring (bicyclic) bond motifs is 1. The molecule has 1 atom stereocenters. The Morgan fingerprint density at radius 1 is 1.32 bits per heavy atom. The van der Waals surface area contributed by atoms with Crippen LogP contribution in [0.1, 0.15) is 35.1 Å². The third kappa shape index (κ3) is 2.39. The molecule has 4 nitrogen and oxygen atoms in total. The summed E-state index contributed by atoms with van der Waals surface area (Å²) in [5, 5.41) is 8.75. The topological polar surface area (TPSA) is 55.8 Å². The molecule has 4 heteroatoms. The van der Waals surface area contributed by atoms with Crippen molar-refractivity contribution in [1.82, 2.24) is 0 Å². The van der Waals surface area contributed by atoms with Crippen LogP contribution in [0, 0.1) is 20.8 Å². The molecule has 1 aliphatic rings. The monoisotopic (exact) mass is 264 g/mol. The van der Waals surface area contributed by atoms with E-state index in [-0.39, 0.29) is 12.5 Å². The lowest BCUT2D eigenvalue weighted by molar-refractivity contribution is -0.137. The van der Waals surface area contributed by atoms with Crippen LogP contribution >= 0.6 is 0 Å². The Morgan fingerprint density at radius 3 is 2.58 bits per heavy atom. The van der Waals surface area contributed by atoms with E-state index < -0.39 is 5.97 Å². The van der Waals surface area contributed by atoms with E-state index in [1.54, 1.807) is 7.11 Å². The summed E-state index contributed by atoms with van der Waals surface area (Å²) in [6.45, 7) is 6.08. The summed E-state index contributed by atoms with van der Waals surface area (Å²) in [7, 11) is 1.68. The molecular weight excluding hydrogens is 244 g/mol. The zero-order chi connectivity index (χ0) is 14.2. The Morgan fingerprint density at radius 2 is 2.00 bits per heavy atom. The molecular formula is C15H20O4. The summed E-state index contributed by atoms with van der Waals surface area (Å²) in [6, 6.07) is 0. The first-order valence-electron chi connectivity index (χ1n) is 6.50. The first-order chi connectivity index (χ1) is 8.95. The molecule has 0 saturated heterocycles. The summed E-state index contributed by atoms with van der Waals surface area (Å²) in [5.41, 5.74) is 4.46. The van der Waals surface area contributed by atoms with E-state index in [0.717, 1.165) is 40.2 Å². The van der Waals surface area contributed by atoms with Gasteiger partial charge in [0.25, 0.3) is 0 Å². The smallest absolute Gasteiger partial charge is 0.303 e. The van der Waals surface area contributed by atoms with Gasteiger partial charge in [0.2, 0.25) is 0 Å². The van der Waals surface area contributed by atoms with Crippen LogP contribution in [-0.2, 0) is 11.2 Å². The highest BCUT2D eigenvalue weighted by atomic mass is 16.5. The molecule has 0 amide bonds. The van der Waals surface area contributed by atoms with Gasteiger partial charge in [-0.25, -0.2) is 0 Å². The van der Waals surface area contributed by atoms with Gasteiger partial charge in [-0.05, 0) is 43.9 Å². The molecule has 1 N–H and O–H groups in total. The maximum Gasteiger partial charge on any atom is 0.303 e. The second kappa shape index (κ2) is 5.11. The molecule has 0 aliphatic carbocycles. The highest BCUT2D eigenvalue weighted by molar-refractivity contribution is 5.66. The lowest BCUT2D eigenvalue weighted by atomic mass is 9.95. The van der Waals surface area contributed by atoms with Crippen LogP contribution < -0.4 is 9.47 Å². The minimum absolute atomic E-state index is 0.0324. The fourth-order valence-corrected chi connectivity index (χ4v) is 2.75. The molecule has 1 aromatic carbocycles. The highest BCUT2D eigenvalue weighted by Crippen LogP contribution is 2.42. The first-order valence-corrected chi connectivity index (χ1v) is 6.50. The number of carboxylic acids is 1. The number of carbonyl (C=O) groups is 1. The standard InChI is InChI=1S/C15H20O4/c1-8-9(2)15-12(10(3)14(8)18-4)7-11(19-15)5-6-13(16)17/h11H,5-7H2,1-4H3,(H,16,17). The second-order valence-corrected chi connectivity index (χ2v) is 5.09. The quantitative estimate of drug-likeness (QED) is 0.908. The molecule has 2 rings (SSSR count). The fraction of sp³-hybridized carbons (Fsp3) is 0.533. The fourth-order valence-electron chi connectivity index (χ4n) is 2.75. The molecule has 1 aromatic rings. The van der Waals surface area contributed by atoms with E-state index in [4.69, 9.17) is 14.6 Å². The van der Waals surface area contributed by atoms with Crippen molar-refractivity contribution >= 4 is 5.97 Å². The zero-order valence-electron chi connectivity index (χ0n) is 11.9. The molecule has 104 valence electrons. The third-order valence-electron chi connectivity index (χ3n) is 3.91. The number of carboxylic acid groups (broad SMARTS) is 1. The molecule has 0 fully saturated rings. The summed E-state index contributed by atoms with van der Waals surface area (Å²) in [5.74, 6) is 1.06. The van der Waals surface area contributed by atoms with Gasteiger partial charge in [-0.2, -0.15) is 0 Å². The highest BCUT2D eigenvalue weighted by Gasteiger charge is 2.29. The van der Waals surface area contributed by atoms with Crippen molar-refractivity contribution in [2.75, 3.05) is 7.11 Å². The van der Waals surface area contributed by atoms with Gasteiger partial charge >= 0.3 is 5.97 Å². The minimum atomic E-state index is -0.776. The lowest BCUT2D eigenvalue weighted by Gasteiger charge is -2.16. The van der Waals surface area contributed by atoms with Gasteiger partial charge in [0.15, 0.2) is 0 Å². The van der Waals surface area contributed by atoms with Crippen molar-refractivity contribution in [2.45, 2.75) is 46.1 Å². The molecule has 19 heavy (non-hydrogen) atoms. The maximum atomic E-state index is 10.6. The van der Waals surface area contributed by atoms with Crippen LogP contribution in [0.3, 0.4) is 0 Å². The average molecular weight is 264 g/mol. The van der Waals surface area contributed by atoms with E-state index in [1.165, 1.54) is 0 Å². The van der Waals surface area contributed by atoms with E-state index in [2.05, 4.69) is 0 Å². The van der Waals surface area contributed by atoms with Crippen molar-refractivity contribution in [3.63, 3.8) is 0 Å². The summed E-state index contributed by atoms with van der Waals surface area (Å²) in [4.78, 5) is 10.6. The van der Waals surface area contributed by atoms with Crippen molar-refractivity contribution in [3.05, 3.63) is 22.3 Å². The zero-order valence-corrected chi connectivity index (χ0v) is 11.9. The number of benzene rings is 1. The van der Waals surface area contributed by atoms with Crippen LogP contribution in [0.2, 0.25) is 0 Å². The molecule has 0 bridgehead atoms. The SMILES string of the molecule is COc1c(C)c(C)c2c(c1C)CC(CCC(=O)O)O2. The predicted molar refractivity (Wildman–Crippen MR) is 72.2 cm³/mol. The van der Waals surface area contributed by atoms with Gasteiger partial charge in [-0.1, -0.05) is 0 Å². The van der Waals surface area contributed by atoms with Crippen molar-refractivity contribution < 1.29 is 19.4 Å². The number of ether oxygens (including phenoxy) is 2. The van der Waals surface area contributed by atoms with Gasteiger partial charge in [-0.3, -0.25) is 4.79 Å². The lowest BCUT2D eigenvalue weighted by Crippen LogP contribution is -2.14. The summed E-state index contributed by atoms with van der Waals surface area (Å²) in [6.07, 6.45) is 1.43. The maximum absolute atomic E-state index is 10.6. The van der Waals surface area contributed by atoms with Gasteiger partial charge in [0, 0.05) is 18.4 Å². The molecule has 1 unspecified atom stereocenters. The molecule has 0 saturated carbocycles. The average Bonchev–Trinajstić information content (AvgIpc) is 2.79. The van der Waals surface area contributed by atoms with E-state index in [0.29, 0.717) is 6.42 Å². The normalized spacial score (nSPS) is 16.9. The summed E-state index contributed by atoms with van der Waals surface area (Å²) < 4.78 is 11.4. The Hall–Kier alpha value is -1.71.